The third kappa shape index (κ3) is 3.03. The first-order valence-corrected chi connectivity index (χ1v) is 8.87. The van der Waals surface area contributed by atoms with E-state index in [1.54, 1.807) is 29.4 Å². The molecule has 0 spiro atoms. The molecule has 1 amide bonds. The highest BCUT2D eigenvalue weighted by Gasteiger charge is 2.29. The molecule has 0 bridgehead atoms. The SMILES string of the molecule is CC1C=C(c2ccc(CN3Cc4cccnc4C3=O)c(F)c2)C=NC1Cl. The Morgan fingerprint density at radius 1 is 1.35 bits per heavy atom. The molecule has 1 aromatic carbocycles. The molecule has 2 unspecified atom stereocenters. The van der Waals surface area contributed by atoms with E-state index < -0.39 is 0 Å². The van der Waals surface area contributed by atoms with Gasteiger partial charge in [0.1, 0.15) is 17.0 Å². The number of benzene rings is 1. The van der Waals surface area contributed by atoms with E-state index >= 15 is 0 Å². The zero-order valence-corrected chi connectivity index (χ0v) is 14.9. The fourth-order valence-electron chi connectivity index (χ4n) is 3.24. The number of rotatable bonds is 3. The van der Waals surface area contributed by atoms with E-state index in [0.717, 1.165) is 16.7 Å². The zero-order valence-electron chi connectivity index (χ0n) is 14.2. The number of carbonyl (C=O) groups is 1. The number of carbonyl (C=O) groups excluding carboxylic acids is 1. The highest BCUT2D eigenvalue weighted by Crippen LogP contribution is 2.27. The zero-order chi connectivity index (χ0) is 18.3. The van der Waals surface area contributed by atoms with Gasteiger partial charge in [-0.05, 0) is 23.3 Å². The van der Waals surface area contributed by atoms with E-state index in [1.807, 2.05) is 25.1 Å². The van der Waals surface area contributed by atoms with Gasteiger partial charge in [-0.15, -0.1) is 0 Å². The molecule has 0 N–H and O–H groups in total. The normalized spacial score (nSPS) is 21.7. The lowest BCUT2D eigenvalue weighted by Crippen LogP contribution is -2.24. The molecule has 2 aliphatic rings. The van der Waals surface area contributed by atoms with E-state index in [0.29, 0.717) is 17.8 Å². The van der Waals surface area contributed by atoms with Gasteiger partial charge in [-0.1, -0.05) is 42.8 Å². The Morgan fingerprint density at radius 3 is 2.92 bits per heavy atom. The van der Waals surface area contributed by atoms with Gasteiger partial charge in [0.05, 0.1) is 0 Å². The number of pyridine rings is 1. The molecule has 6 heteroatoms. The molecular formula is C20H17ClFN3O. The van der Waals surface area contributed by atoms with E-state index in [4.69, 9.17) is 11.6 Å². The number of amides is 1. The van der Waals surface area contributed by atoms with Gasteiger partial charge in [0.25, 0.3) is 5.91 Å². The van der Waals surface area contributed by atoms with Crippen molar-refractivity contribution in [3.8, 4) is 0 Å². The summed E-state index contributed by atoms with van der Waals surface area (Å²) in [6.45, 7) is 2.65. The lowest BCUT2D eigenvalue weighted by Gasteiger charge is -2.18. The van der Waals surface area contributed by atoms with Gasteiger partial charge in [-0.3, -0.25) is 14.8 Å². The fraction of sp³-hybridized carbons (Fsp3) is 0.250. The molecule has 2 aromatic rings. The summed E-state index contributed by atoms with van der Waals surface area (Å²) in [5.41, 5.74) is 3.14. The molecular weight excluding hydrogens is 353 g/mol. The number of fused-ring (bicyclic) bond motifs is 1. The molecule has 2 atom stereocenters. The van der Waals surface area contributed by atoms with Crippen molar-refractivity contribution in [1.82, 2.24) is 9.88 Å². The first-order valence-electron chi connectivity index (χ1n) is 8.44. The number of hydrogen-bond acceptors (Lipinski definition) is 3. The van der Waals surface area contributed by atoms with Gasteiger partial charge in [0, 0.05) is 42.5 Å². The van der Waals surface area contributed by atoms with Crippen LogP contribution in [0.4, 0.5) is 4.39 Å². The second-order valence-electron chi connectivity index (χ2n) is 6.61. The molecule has 132 valence electrons. The van der Waals surface area contributed by atoms with Gasteiger partial charge in [0.2, 0.25) is 0 Å². The summed E-state index contributed by atoms with van der Waals surface area (Å²) < 4.78 is 14.6. The second kappa shape index (κ2) is 6.65. The van der Waals surface area contributed by atoms with Crippen LogP contribution in [0.3, 0.4) is 0 Å². The summed E-state index contributed by atoms with van der Waals surface area (Å²) >= 11 is 6.06. The topological polar surface area (TPSA) is 45.6 Å². The summed E-state index contributed by atoms with van der Waals surface area (Å²) in [6, 6.07) is 8.74. The van der Waals surface area contributed by atoms with Gasteiger partial charge < -0.3 is 4.90 Å². The van der Waals surface area contributed by atoms with Crippen LogP contribution in [0.5, 0.6) is 0 Å². The Balaban J connectivity index is 1.54. The number of hydrogen-bond donors (Lipinski definition) is 0. The predicted octanol–water partition coefficient (Wildman–Crippen LogP) is 4.05. The number of aromatic nitrogens is 1. The molecule has 1 aromatic heterocycles. The molecule has 0 aliphatic carbocycles. The molecule has 0 fully saturated rings. The minimum atomic E-state index is -0.339. The minimum absolute atomic E-state index is 0.0904. The molecule has 0 saturated carbocycles. The molecule has 0 radical (unpaired) electrons. The van der Waals surface area contributed by atoms with E-state index in [-0.39, 0.29) is 29.7 Å². The third-order valence-electron chi connectivity index (χ3n) is 4.72. The van der Waals surface area contributed by atoms with Crippen LogP contribution in [0.2, 0.25) is 0 Å². The summed E-state index contributed by atoms with van der Waals surface area (Å²) in [4.78, 5) is 22.4. The van der Waals surface area contributed by atoms with Crippen LogP contribution in [0, 0.1) is 11.7 Å². The molecule has 3 heterocycles. The first-order chi connectivity index (χ1) is 12.5. The molecule has 2 aliphatic heterocycles. The number of aliphatic imine (C=N–C) groups is 1. The predicted molar refractivity (Wildman–Crippen MR) is 99.5 cm³/mol. The lowest BCUT2D eigenvalue weighted by atomic mass is 9.98. The van der Waals surface area contributed by atoms with Crippen molar-refractivity contribution in [1.29, 1.82) is 0 Å². The number of allylic oxidation sites excluding steroid dienone is 1. The smallest absolute Gasteiger partial charge is 0.273 e. The summed E-state index contributed by atoms with van der Waals surface area (Å²) in [6.07, 6.45) is 5.27. The highest BCUT2D eigenvalue weighted by atomic mass is 35.5. The Bertz CT molecular complexity index is 940. The quantitative estimate of drug-likeness (QED) is 0.605. The van der Waals surface area contributed by atoms with Gasteiger partial charge >= 0.3 is 0 Å². The maximum Gasteiger partial charge on any atom is 0.273 e. The van der Waals surface area contributed by atoms with Crippen LogP contribution >= 0.6 is 11.6 Å². The van der Waals surface area contributed by atoms with Crippen molar-refractivity contribution >= 4 is 29.3 Å². The van der Waals surface area contributed by atoms with Crippen LogP contribution in [0.1, 0.15) is 34.1 Å². The van der Waals surface area contributed by atoms with Gasteiger partial charge in [-0.2, -0.15) is 0 Å². The van der Waals surface area contributed by atoms with Crippen LogP contribution in [0.15, 0.2) is 47.6 Å². The van der Waals surface area contributed by atoms with Gasteiger partial charge in [-0.25, -0.2) is 4.39 Å². The second-order valence-corrected chi connectivity index (χ2v) is 7.06. The molecule has 4 nitrogen and oxygen atoms in total. The number of nitrogens with zero attached hydrogens (tertiary/aromatic N) is 3. The molecule has 4 rings (SSSR count). The van der Waals surface area contributed by atoms with Crippen molar-refractivity contribution in [2.24, 2.45) is 10.9 Å². The van der Waals surface area contributed by atoms with E-state index in [2.05, 4.69) is 9.98 Å². The Kier molecular flexibility index (Phi) is 4.32. The van der Waals surface area contributed by atoms with E-state index in [9.17, 15) is 9.18 Å². The summed E-state index contributed by atoms with van der Waals surface area (Å²) in [5.74, 6) is -0.407. The maximum absolute atomic E-state index is 14.6. The van der Waals surface area contributed by atoms with Crippen molar-refractivity contribution in [2.75, 3.05) is 0 Å². The first kappa shape index (κ1) is 16.9. The fourth-order valence-corrected chi connectivity index (χ4v) is 3.37. The van der Waals surface area contributed by atoms with Crippen LogP contribution in [-0.4, -0.2) is 27.5 Å². The monoisotopic (exact) mass is 369 g/mol. The molecule has 0 saturated heterocycles. The summed E-state index contributed by atoms with van der Waals surface area (Å²) in [7, 11) is 0. The minimum Gasteiger partial charge on any atom is -0.328 e. The average Bonchev–Trinajstić information content (AvgIpc) is 2.95. The van der Waals surface area contributed by atoms with Gasteiger partial charge in [0.15, 0.2) is 0 Å². The Hall–Kier alpha value is -2.53. The maximum atomic E-state index is 14.6. The van der Waals surface area contributed by atoms with Crippen LogP contribution < -0.4 is 0 Å². The number of dihydropyridines is 1. The van der Waals surface area contributed by atoms with E-state index in [1.165, 1.54) is 6.07 Å². The van der Waals surface area contributed by atoms with Crippen molar-refractivity contribution in [3.63, 3.8) is 0 Å². The summed E-state index contributed by atoms with van der Waals surface area (Å²) in [5, 5.41) is 0. The largest absolute Gasteiger partial charge is 0.328 e. The average molecular weight is 370 g/mol. The standard InChI is InChI=1S/C20H17ClFN3O/c1-12-7-16(9-24-19(12)21)13-4-5-14(17(22)8-13)10-25-11-15-3-2-6-23-18(15)20(25)26/h2-9,12,19H,10-11H2,1H3. The Labute approximate surface area is 156 Å². The lowest BCUT2D eigenvalue weighted by molar-refractivity contribution is 0.0761. The van der Waals surface area contributed by atoms with Crippen LogP contribution in [0.25, 0.3) is 5.57 Å². The third-order valence-corrected chi connectivity index (χ3v) is 5.23. The Morgan fingerprint density at radius 2 is 2.19 bits per heavy atom. The number of alkyl halides is 1. The number of halogens is 2. The highest BCUT2D eigenvalue weighted by molar-refractivity contribution is 6.23. The molecule has 26 heavy (non-hydrogen) atoms. The van der Waals surface area contributed by atoms with Crippen molar-refractivity contribution in [3.05, 3.63) is 70.8 Å². The van der Waals surface area contributed by atoms with Crippen molar-refractivity contribution < 1.29 is 9.18 Å². The van der Waals surface area contributed by atoms with Crippen molar-refractivity contribution in [2.45, 2.75) is 25.5 Å². The van der Waals surface area contributed by atoms with Crippen LogP contribution in [-0.2, 0) is 13.1 Å².